The van der Waals surface area contributed by atoms with Crippen LogP contribution in [0.5, 0.6) is 0 Å². The van der Waals surface area contributed by atoms with Gasteiger partial charge in [-0.15, -0.1) is 0 Å². The average molecular weight is 256 g/mol. The number of carbonyl (C=O) groups excluding carboxylic acids is 1. The zero-order valence-electron chi connectivity index (χ0n) is 8.00. The second-order valence-electron chi connectivity index (χ2n) is 3.13. The molecule has 0 atom stereocenters. The molecule has 16 heavy (non-hydrogen) atoms. The van der Waals surface area contributed by atoms with Gasteiger partial charge in [-0.3, -0.25) is 9.89 Å². The van der Waals surface area contributed by atoms with Crippen molar-refractivity contribution in [2.75, 3.05) is 0 Å². The molecule has 0 aliphatic rings. The van der Waals surface area contributed by atoms with E-state index in [1.165, 1.54) is 6.07 Å². The fourth-order valence-electron chi connectivity index (χ4n) is 1.32. The first-order valence-electron chi connectivity index (χ1n) is 4.39. The quantitative estimate of drug-likeness (QED) is 0.866. The monoisotopic (exact) mass is 255 g/mol. The number of nitrogens with zero attached hydrogens (tertiary/aromatic N) is 1. The number of nitrogens with two attached hydrogens (primary N) is 1. The van der Waals surface area contributed by atoms with Crippen molar-refractivity contribution < 1.29 is 4.79 Å². The SMILES string of the molecule is NC(=O)c1cc(-c2c(Cl)cccc2Cl)n[nH]1. The fraction of sp³-hybridized carbons (Fsp3) is 0. The number of hydrogen-bond donors (Lipinski definition) is 2. The number of benzene rings is 1. The first kappa shape index (κ1) is 11.0. The van der Waals surface area contributed by atoms with Gasteiger partial charge >= 0.3 is 0 Å². The van der Waals surface area contributed by atoms with Crippen LogP contribution in [-0.4, -0.2) is 16.1 Å². The zero-order chi connectivity index (χ0) is 11.7. The highest BCUT2D eigenvalue weighted by Crippen LogP contribution is 2.33. The number of rotatable bonds is 2. The summed E-state index contributed by atoms with van der Waals surface area (Å²) in [5, 5.41) is 7.39. The highest BCUT2D eigenvalue weighted by atomic mass is 35.5. The van der Waals surface area contributed by atoms with Crippen LogP contribution in [0.15, 0.2) is 24.3 Å². The normalized spacial score (nSPS) is 10.4. The van der Waals surface area contributed by atoms with Crippen LogP contribution in [0.3, 0.4) is 0 Å². The van der Waals surface area contributed by atoms with Gasteiger partial charge in [0.15, 0.2) is 0 Å². The van der Waals surface area contributed by atoms with Gasteiger partial charge in [-0.1, -0.05) is 29.3 Å². The van der Waals surface area contributed by atoms with Gasteiger partial charge < -0.3 is 5.73 Å². The van der Waals surface area contributed by atoms with E-state index in [0.29, 0.717) is 21.3 Å². The summed E-state index contributed by atoms with van der Waals surface area (Å²) in [6.45, 7) is 0. The van der Waals surface area contributed by atoms with Crippen LogP contribution in [0.1, 0.15) is 10.5 Å². The number of aromatic nitrogens is 2. The highest BCUT2D eigenvalue weighted by molar-refractivity contribution is 6.39. The average Bonchev–Trinajstić information content (AvgIpc) is 2.66. The van der Waals surface area contributed by atoms with Gasteiger partial charge in [-0.05, 0) is 18.2 Å². The number of halogens is 2. The van der Waals surface area contributed by atoms with Crippen molar-refractivity contribution in [3.8, 4) is 11.3 Å². The molecular formula is C10H7Cl2N3O. The van der Waals surface area contributed by atoms with E-state index >= 15 is 0 Å². The summed E-state index contributed by atoms with van der Waals surface area (Å²) in [6, 6.07) is 6.63. The summed E-state index contributed by atoms with van der Waals surface area (Å²) < 4.78 is 0. The molecule has 2 aromatic rings. The lowest BCUT2D eigenvalue weighted by Gasteiger charge is -2.02. The lowest BCUT2D eigenvalue weighted by Crippen LogP contribution is -2.10. The minimum atomic E-state index is -0.582. The number of H-pyrrole nitrogens is 1. The molecule has 0 aliphatic carbocycles. The zero-order valence-corrected chi connectivity index (χ0v) is 9.51. The Morgan fingerprint density at radius 2 is 1.94 bits per heavy atom. The third-order valence-electron chi connectivity index (χ3n) is 2.06. The van der Waals surface area contributed by atoms with Crippen LogP contribution < -0.4 is 5.73 Å². The van der Waals surface area contributed by atoms with Crippen molar-refractivity contribution in [3.05, 3.63) is 40.0 Å². The molecule has 1 amide bonds. The maximum Gasteiger partial charge on any atom is 0.266 e. The predicted octanol–water partition coefficient (Wildman–Crippen LogP) is 2.48. The molecule has 0 bridgehead atoms. The van der Waals surface area contributed by atoms with E-state index in [9.17, 15) is 4.79 Å². The van der Waals surface area contributed by atoms with E-state index < -0.39 is 5.91 Å². The Hall–Kier alpha value is -1.52. The van der Waals surface area contributed by atoms with Gasteiger partial charge in [0.1, 0.15) is 5.69 Å². The Balaban J connectivity index is 2.54. The second kappa shape index (κ2) is 4.15. The molecule has 0 radical (unpaired) electrons. The lowest BCUT2D eigenvalue weighted by atomic mass is 10.1. The number of carbonyl (C=O) groups is 1. The molecule has 1 aromatic carbocycles. The third kappa shape index (κ3) is 1.89. The topological polar surface area (TPSA) is 71.8 Å². The van der Waals surface area contributed by atoms with Crippen LogP contribution in [-0.2, 0) is 0 Å². The number of amides is 1. The standard InChI is InChI=1S/C10H7Cl2N3O/c11-5-2-1-3-6(12)9(5)7-4-8(10(13)16)15-14-7/h1-4H,(H2,13,16)(H,14,15). The maximum atomic E-state index is 10.9. The van der Waals surface area contributed by atoms with Crippen molar-refractivity contribution in [1.82, 2.24) is 10.2 Å². The van der Waals surface area contributed by atoms with Crippen LogP contribution in [0.2, 0.25) is 10.0 Å². The molecule has 6 heteroatoms. The van der Waals surface area contributed by atoms with Gasteiger partial charge in [0.05, 0.1) is 15.7 Å². The van der Waals surface area contributed by atoms with Crippen molar-refractivity contribution in [1.29, 1.82) is 0 Å². The Morgan fingerprint density at radius 3 is 2.44 bits per heavy atom. The molecule has 1 heterocycles. The van der Waals surface area contributed by atoms with Crippen molar-refractivity contribution in [2.45, 2.75) is 0 Å². The third-order valence-corrected chi connectivity index (χ3v) is 2.69. The summed E-state index contributed by atoms with van der Waals surface area (Å²) in [6.07, 6.45) is 0. The predicted molar refractivity (Wildman–Crippen MR) is 62.6 cm³/mol. The van der Waals surface area contributed by atoms with Crippen molar-refractivity contribution in [2.24, 2.45) is 5.73 Å². The van der Waals surface area contributed by atoms with Gasteiger partial charge in [0.2, 0.25) is 0 Å². The molecule has 0 spiro atoms. The summed E-state index contributed by atoms with van der Waals surface area (Å²) in [4.78, 5) is 10.9. The Labute approximate surface area is 101 Å². The Morgan fingerprint density at radius 1 is 1.31 bits per heavy atom. The minimum absolute atomic E-state index is 0.214. The van der Waals surface area contributed by atoms with Crippen molar-refractivity contribution in [3.63, 3.8) is 0 Å². The van der Waals surface area contributed by atoms with E-state index in [1.807, 2.05) is 0 Å². The van der Waals surface area contributed by atoms with Gasteiger partial charge in [0.25, 0.3) is 5.91 Å². The van der Waals surface area contributed by atoms with Crippen LogP contribution in [0, 0.1) is 0 Å². The first-order valence-corrected chi connectivity index (χ1v) is 5.15. The van der Waals surface area contributed by atoms with E-state index in [4.69, 9.17) is 28.9 Å². The summed E-state index contributed by atoms with van der Waals surface area (Å²) >= 11 is 12.0. The van der Waals surface area contributed by atoms with Gasteiger partial charge in [-0.25, -0.2) is 0 Å². The summed E-state index contributed by atoms with van der Waals surface area (Å²) in [5.41, 5.74) is 6.39. The number of hydrogen-bond acceptors (Lipinski definition) is 2. The summed E-state index contributed by atoms with van der Waals surface area (Å²) in [7, 11) is 0. The lowest BCUT2D eigenvalue weighted by molar-refractivity contribution is 0.0995. The molecule has 82 valence electrons. The summed E-state index contributed by atoms with van der Waals surface area (Å²) in [5.74, 6) is -0.582. The maximum absolute atomic E-state index is 10.9. The second-order valence-corrected chi connectivity index (χ2v) is 3.94. The van der Waals surface area contributed by atoms with Crippen LogP contribution in [0.25, 0.3) is 11.3 Å². The van der Waals surface area contributed by atoms with Crippen molar-refractivity contribution >= 4 is 29.1 Å². The Kier molecular flexibility index (Phi) is 2.85. The van der Waals surface area contributed by atoms with E-state index in [2.05, 4.69) is 10.2 Å². The van der Waals surface area contributed by atoms with Gasteiger partial charge in [0, 0.05) is 5.56 Å². The first-order chi connectivity index (χ1) is 7.59. The van der Waals surface area contributed by atoms with E-state index in [-0.39, 0.29) is 5.69 Å². The van der Waals surface area contributed by atoms with E-state index in [1.54, 1.807) is 18.2 Å². The Bertz CT molecular complexity index is 530. The molecule has 0 fully saturated rings. The van der Waals surface area contributed by atoms with Gasteiger partial charge in [-0.2, -0.15) is 5.10 Å². The molecule has 0 saturated carbocycles. The molecule has 4 nitrogen and oxygen atoms in total. The molecule has 2 rings (SSSR count). The molecule has 0 unspecified atom stereocenters. The molecule has 0 saturated heterocycles. The fourth-order valence-corrected chi connectivity index (χ4v) is 1.91. The number of nitrogens with one attached hydrogen (secondary N) is 1. The number of primary amides is 1. The smallest absolute Gasteiger partial charge is 0.266 e. The van der Waals surface area contributed by atoms with Crippen LogP contribution in [0.4, 0.5) is 0 Å². The molecule has 1 aromatic heterocycles. The van der Waals surface area contributed by atoms with E-state index in [0.717, 1.165) is 0 Å². The minimum Gasteiger partial charge on any atom is -0.364 e. The molecular weight excluding hydrogens is 249 g/mol. The number of aromatic amines is 1. The largest absolute Gasteiger partial charge is 0.364 e. The molecule has 3 N–H and O–H groups in total. The highest BCUT2D eigenvalue weighted by Gasteiger charge is 2.13. The van der Waals surface area contributed by atoms with Crippen LogP contribution >= 0.6 is 23.2 Å². The molecule has 0 aliphatic heterocycles.